The third-order valence-electron chi connectivity index (χ3n) is 3.22. The molecule has 2 aromatic rings. The van der Waals surface area contributed by atoms with Gasteiger partial charge in [-0.25, -0.2) is 8.42 Å². The van der Waals surface area contributed by atoms with Crippen molar-refractivity contribution in [2.45, 2.75) is 17.9 Å². The Morgan fingerprint density at radius 2 is 1.86 bits per heavy atom. The molecular weight excluding hydrogens is 320 g/mol. The molecule has 0 spiro atoms. The first kappa shape index (κ1) is 16.4. The predicted octanol–water partition coefficient (Wildman–Crippen LogP) is 2.64. The van der Waals surface area contributed by atoms with E-state index in [0.29, 0.717) is 10.2 Å². The normalized spacial score (nSPS) is 12.6. The van der Waals surface area contributed by atoms with Crippen molar-refractivity contribution in [2.75, 3.05) is 6.26 Å². The van der Waals surface area contributed by atoms with Crippen molar-refractivity contribution in [1.82, 2.24) is 10.3 Å². The molecule has 0 fully saturated rings. The van der Waals surface area contributed by atoms with Gasteiger partial charge in [-0.1, -0.05) is 24.4 Å². The Balaban J connectivity index is 2.16. The van der Waals surface area contributed by atoms with Crippen molar-refractivity contribution in [1.29, 1.82) is 0 Å². The van der Waals surface area contributed by atoms with Gasteiger partial charge in [0.25, 0.3) is 5.91 Å². The number of sulfone groups is 1. The molecule has 0 saturated heterocycles. The van der Waals surface area contributed by atoms with Crippen LogP contribution in [0.1, 0.15) is 28.9 Å². The molecule has 1 amide bonds. The van der Waals surface area contributed by atoms with E-state index in [1.807, 2.05) is 6.92 Å². The molecule has 1 aromatic carbocycles. The summed E-state index contributed by atoms with van der Waals surface area (Å²) < 4.78 is 23.2. The Labute approximate surface area is 134 Å². The Morgan fingerprint density at radius 1 is 1.23 bits per heavy atom. The number of H-pyrrole nitrogens is 1. The number of hydrogen-bond donors (Lipinski definition) is 2. The summed E-state index contributed by atoms with van der Waals surface area (Å²) in [7, 11) is -3.22. The zero-order valence-corrected chi connectivity index (χ0v) is 13.8. The van der Waals surface area contributed by atoms with Gasteiger partial charge in [-0.3, -0.25) is 4.79 Å². The van der Waals surface area contributed by atoms with Crippen LogP contribution in [-0.2, 0) is 9.84 Å². The van der Waals surface area contributed by atoms with Crippen LogP contribution in [0.25, 0.3) is 0 Å². The maximum Gasteiger partial charge on any atom is 0.254 e. The number of carbonyl (C=O) groups excluding carboxylic acids is 1. The number of nitrogens with one attached hydrogen (secondary N) is 2. The molecule has 0 aliphatic rings. The van der Waals surface area contributed by atoms with E-state index in [-0.39, 0.29) is 16.8 Å². The van der Waals surface area contributed by atoms with Crippen LogP contribution in [0.2, 0.25) is 0 Å². The van der Waals surface area contributed by atoms with E-state index in [2.05, 4.69) is 10.3 Å². The summed E-state index contributed by atoms with van der Waals surface area (Å²) in [6.45, 7) is 1.82. The molecule has 5 nitrogen and oxygen atoms in total. The van der Waals surface area contributed by atoms with Crippen molar-refractivity contribution in [2.24, 2.45) is 0 Å². The van der Waals surface area contributed by atoms with Crippen LogP contribution in [0.4, 0.5) is 0 Å². The van der Waals surface area contributed by atoms with Crippen LogP contribution < -0.4 is 5.32 Å². The number of amides is 1. The second-order valence-corrected chi connectivity index (χ2v) is 7.37. The molecule has 0 saturated carbocycles. The summed E-state index contributed by atoms with van der Waals surface area (Å²) in [5.41, 5.74) is 1.21. The molecular formula is C15H16N2O3S2. The summed E-state index contributed by atoms with van der Waals surface area (Å²) in [5, 5.41) is 2.84. The lowest BCUT2D eigenvalue weighted by Crippen LogP contribution is -2.27. The van der Waals surface area contributed by atoms with Crippen molar-refractivity contribution in [3.05, 3.63) is 58.4 Å². The van der Waals surface area contributed by atoms with Gasteiger partial charge in [-0.2, -0.15) is 0 Å². The lowest BCUT2D eigenvalue weighted by molar-refractivity contribution is 0.0939. The molecule has 0 unspecified atom stereocenters. The number of aromatic amines is 1. The van der Waals surface area contributed by atoms with Crippen molar-refractivity contribution in [3.8, 4) is 0 Å². The first-order chi connectivity index (χ1) is 10.3. The van der Waals surface area contributed by atoms with Gasteiger partial charge >= 0.3 is 0 Å². The standard InChI is InChI=1S/C15H16N2O3S2/c1-10(11-5-7-12(8-6-11)22(2,19)20)17-14(18)13-4-3-9-16-15(13)21/h3-10H,1-2H3,(H,16,21)(H,17,18)/t10-/m1/s1. The van der Waals surface area contributed by atoms with Crippen LogP contribution in [-0.4, -0.2) is 25.6 Å². The quantitative estimate of drug-likeness (QED) is 0.841. The van der Waals surface area contributed by atoms with Crippen LogP contribution in [0.3, 0.4) is 0 Å². The molecule has 1 aromatic heterocycles. The number of rotatable bonds is 4. The summed E-state index contributed by atoms with van der Waals surface area (Å²) >= 11 is 5.07. The molecule has 0 aliphatic heterocycles. The monoisotopic (exact) mass is 336 g/mol. The van der Waals surface area contributed by atoms with Gasteiger partial charge in [-0.15, -0.1) is 0 Å². The lowest BCUT2D eigenvalue weighted by Gasteiger charge is -2.14. The molecule has 2 rings (SSSR count). The fourth-order valence-corrected chi connectivity index (χ4v) is 2.82. The minimum Gasteiger partial charge on any atom is -0.352 e. The van der Waals surface area contributed by atoms with E-state index in [1.165, 1.54) is 12.1 Å². The van der Waals surface area contributed by atoms with E-state index in [0.717, 1.165) is 11.8 Å². The fourth-order valence-electron chi connectivity index (χ4n) is 1.96. The van der Waals surface area contributed by atoms with Gasteiger partial charge in [0.05, 0.1) is 16.5 Å². The molecule has 1 atom stereocenters. The van der Waals surface area contributed by atoms with Crippen molar-refractivity contribution >= 4 is 28.0 Å². The number of carbonyl (C=O) groups is 1. The summed E-state index contributed by atoms with van der Waals surface area (Å²) in [4.78, 5) is 15.2. The molecule has 0 radical (unpaired) electrons. The minimum atomic E-state index is -3.22. The number of hydrogen-bond acceptors (Lipinski definition) is 4. The zero-order chi connectivity index (χ0) is 16.3. The maximum atomic E-state index is 12.2. The van der Waals surface area contributed by atoms with Crippen molar-refractivity contribution < 1.29 is 13.2 Å². The lowest BCUT2D eigenvalue weighted by atomic mass is 10.1. The van der Waals surface area contributed by atoms with Gasteiger partial charge in [-0.05, 0) is 36.8 Å². The number of benzene rings is 1. The summed E-state index contributed by atoms with van der Waals surface area (Å²) in [6.07, 6.45) is 2.82. The van der Waals surface area contributed by atoms with Crippen LogP contribution in [0.15, 0.2) is 47.5 Å². The largest absolute Gasteiger partial charge is 0.352 e. The van der Waals surface area contributed by atoms with E-state index < -0.39 is 9.84 Å². The summed E-state index contributed by atoms with van der Waals surface area (Å²) in [5.74, 6) is -0.276. The van der Waals surface area contributed by atoms with Crippen LogP contribution in [0, 0.1) is 4.64 Å². The second kappa shape index (κ2) is 6.41. The van der Waals surface area contributed by atoms with Crippen LogP contribution in [0.5, 0.6) is 0 Å². The number of aromatic nitrogens is 1. The van der Waals surface area contributed by atoms with Gasteiger partial charge in [0.1, 0.15) is 4.64 Å². The highest BCUT2D eigenvalue weighted by molar-refractivity contribution is 7.90. The van der Waals surface area contributed by atoms with Gasteiger partial charge in [0.15, 0.2) is 9.84 Å². The Morgan fingerprint density at radius 3 is 2.41 bits per heavy atom. The molecule has 0 aliphatic carbocycles. The van der Waals surface area contributed by atoms with Gasteiger partial charge < -0.3 is 10.3 Å². The molecule has 7 heteroatoms. The van der Waals surface area contributed by atoms with E-state index >= 15 is 0 Å². The Hall–Kier alpha value is -1.99. The third kappa shape index (κ3) is 3.80. The third-order valence-corrected chi connectivity index (χ3v) is 4.68. The molecule has 0 bridgehead atoms. The van der Waals surface area contributed by atoms with E-state index in [4.69, 9.17) is 12.2 Å². The highest BCUT2D eigenvalue weighted by Gasteiger charge is 2.14. The SMILES string of the molecule is C[C@@H](NC(=O)c1ccc[nH]c1=S)c1ccc(S(C)(=O)=O)cc1. The zero-order valence-electron chi connectivity index (χ0n) is 12.2. The second-order valence-electron chi connectivity index (χ2n) is 4.95. The smallest absolute Gasteiger partial charge is 0.254 e. The molecule has 116 valence electrons. The Bertz CT molecular complexity index is 840. The number of pyridine rings is 1. The van der Waals surface area contributed by atoms with Gasteiger partial charge in [0.2, 0.25) is 0 Å². The Kier molecular flexibility index (Phi) is 4.77. The first-order valence-corrected chi connectivity index (χ1v) is 8.87. The topological polar surface area (TPSA) is 79.0 Å². The van der Waals surface area contributed by atoms with Crippen LogP contribution >= 0.6 is 12.2 Å². The summed E-state index contributed by atoms with van der Waals surface area (Å²) in [6, 6.07) is 9.52. The van der Waals surface area contributed by atoms with E-state index in [9.17, 15) is 13.2 Å². The maximum absolute atomic E-state index is 12.2. The molecule has 1 heterocycles. The first-order valence-electron chi connectivity index (χ1n) is 6.57. The fraction of sp³-hybridized carbons (Fsp3) is 0.200. The molecule has 2 N–H and O–H groups in total. The molecule has 22 heavy (non-hydrogen) atoms. The van der Waals surface area contributed by atoms with Crippen molar-refractivity contribution in [3.63, 3.8) is 0 Å². The average molecular weight is 336 g/mol. The van der Waals surface area contributed by atoms with Gasteiger partial charge in [0, 0.05) is 12.5 Å². The van der Waals surface area contributed by atoms with E-state index in [1.54, 1.807) is 30.5 Å². The highest BCUT2D eigenvalue weighted by atomic mass is 32.2. The minimum absolute atomic E-state index is 0.250. The average Bonchev–Trinajstić information content (AvgIpc) is 2.46. The highest BCUT2D eigenvalue weighted by Crippen LogP contribution is 2.16. The predicted molar refractivity (Wildman–Crippen MR) is 87.1 cm³/mol.